The zero-order valence-corrected chi connectivity index (χ0v) is 14.0. The second-order valence-electron chi connectivity index (χ2n) is 7.24. The van der Waals surface area contributed by atoms with Gasteiger partial charge in [-0.3, -0.25) is 9.59 Å². The summed E-state index contributed by atoms with van der Waals surface area (Å²) in [4.78, 5) is 24.5. The lowest BCUT2D eigenvalue weighted by atomic mass is 9.64. The van der Waals surface area contributed by atoms with Crippen LogP contribution >= 0.6 is 0 Å². The summed E-state index contributed by atoms with van der Waals surface area (Å²) in [6.45, 7) is 8.39. The van der Waals surface area contributed by atoms with Crippen molar-refractivity contribution in [3.63, 3.8) is 0 Å². The lowest BCUT2D eigenvalue weighted by Gasteiger charge is -2.39. The van der Waals surface area contributed by atoms with Crippen LogP contribution in [0.5, 0.6) is 0 Å². The van der Waals surface area contributed by atoms with E-state index in [1.807, 2.05) is 37.3 Å². The number of Topliss-reactive ketones (excluding diaryl/α,β-unsaturated/α-hetero) is 1. The van der Waals surface area contributed by atoms with E-state index in [9.17, 15) is 9.59 Å². The van der Waals surface area contributed by atoms with Gasteiger partial charge in [0.05, 0.1) is 6.42 Å². The third-order valence-corrected chi connectivity index (χ3v) is 5.90. The van der Waals surface area contributed by atoms with Crippen LogP contribution in [0.2, 0.25) is 0 Å². The molecule has 0 aromatic heterocycles. The third-order valence-electron chi connectivity index (χ3n) is 5.90. The Morgan fingerprint density at radius 3 is 2.36 bits per heavy atom. The number of ketones is 1. The number of esters is 1. The van der Waals surface area contributed by atoms with Crippen LogP contribution in [0.25, 0.3) is 0 Å². The van der Waals surface area contributed by atoms with E-state index in [2.05, 4.69) is 20.8 Å². The van der Waals surface area contributed by atoms with Crippen molar-refractivity contribution in [2.45, 2.75) is 47.0 Å². The molecule has 0 spiro atoms. The van der Waals surface area contributed by atoms with E-state index in [4.69, 9.17) is 4.74 Å². The molecule has 0 heterocycles. The lowest BCUT2D eigenvalue weighted by molar-refractivity contribution is -0.152. The maximum absolute atomic E-state index is 12.6. The van der Waals surface area contributed by atoms with Gasteiger partial charge in [0, 0.05) is 5.41 Å². The fourth-order valence-corrected chi connectivity index (χ4v) is 3.35. The van der Waals surface area contributed by atoms with Gasteiger partial charge in [0.25, 0.3) is 0 Å². The van der Waals surface area contributed by atoms with Crippen LogP contribution in [0, 0.1) is 16.7 Å². The van der Waals surface area contributed by atoms with E-state index >= 15 is 0 Å². The Bertz CT molecular complexity index is 547. The molecule has 2 rings (SSSR count). The van der Waals surface area contributed by atoms with Crippen LogP contribution in [0.3, 0.4) is 0 Å². The van der Waals surface area contributed by atoms with Gasteiger partial charge in [-0.05, 0) is 29.7 Å². The van der Waals surface area contributed by atoms with Crippen molar-refractivity contribution in [2.75, 3.05) is 6.61 Å². The van der Waals surface area contributed by atoms with E-state index in [1.54, 1.807) is 0 Å². The molecule has 0 saturated heterocycles. The quantitative estimate of drug-likeness (QED) is 0.777. The molecule has 0 bridgehead atoms. The van der Waals surface area contributed by atoms with E-state index in [1.165, 1.54) is 0 Å². The summed E-state index contributed by atoms with van der Waals surface area (Å²) in [5, 5.41) is 0. The van der Waals surface area contributed by atoms with Crippen LogP contribution in [-0.2, 0) is 20.7 Å². The number of carbonyl (C=O) groups excluding carboxylic acids is 2. The molecular weight excluding hydrogens is 276 g/mol. The minimum absolute atomic E-state index is 0.0447. The second-order valence-corrected chi connectivity index (χ2v) is 7.24. The fraction of sp³-hybridized carbons (Fsp3) is 0.579. The predicted molar refractivity (Wildman–Crippen MR) is 86.4 cm³/mol. The minimum Gasteiger partial charge on any atom is -0.457 e. The summed E-state index contributed by atoms with van der Waals surface area (Å²) < 4.78 is 5.23. The Hall–Kier alpha value is -1.64. The van der Waals surface area contributed by atoms with E-state index in [0.717, 1.165) is 18.4 Å². The molecule has 3 nitrogen and oxygen atoms in total. The van der Waals surface area contributed by atoms with Gasteiger partial charge < -0.3 is 4.74 Å². The van der Waals surface area contributed by atoms with Crippen LogP contribution in [0.4, 0.5) is 0 Å². The summed E-state index contributed by atoms with van der Waals surface area (Å²) in [6, 6.07) is 9.44. The molecule has 22 heavy (non-hydrogen) atoms. The fourth-order valence-electron chi connectivity index (χ4n) is 3.35. The molecule has 2 atom stereocenters. The highest BCUT2D eigenvalue weighted by Gasteiger charge is 2.53. The monoisotopic (exact) mass is 302 g/mol. The Morgan fingerprint density at radius 1 is 1.18 bits per heavy atom. The van der Waals surface area contributed by atoms with Gasteiger partial charge in [0.1, 0.15) is 0 Å². The molecule has 1 aliphatic rings. The molecule has 1 aromatic carbocycles. The number of carbonyl (C=O) groups is 2. The number of benzene rings is 1. The topological polar surface area (TPSA) is 43.4 Å². The normalized spacial score (nSPS) is 26.6. The Labute approximate surface area is 133 Å². The molecule has 0 radical (unpaired) electrons. The van der Waals surface area contributed by atoms with Gasteiger partial charge in [-0.1, -0.05) is 58.0 Å². The van der Waals surface area contributed by atoms with Crippen molar-refractivity contribution in [2.24, 2.45) is 16.7 Å². The Balaban J connectivity index is 1.92. The van der Waals surface area contributed by atoms with Gasteiger partial charge in [0.2, 0.25) is 0 Å². The van der Waals surface area contributed by atoms with Crippen molar-refractivity contribution >= 4 is 11.8 Å². The summed E-state index contributed by atoms with van der Waals surface area (Å²) in [7, 11) is 0. The summed E-state index contributed by atoms with van der Waals surface area (Å²) in [5.41, 5.74) is 0.441. The maximum atomic E-state index is 12.6. The first-order chi connectivity index (χ1) is 10.3. The Morgan fingerprint density at radius 2 is 1.82 bits per heavy atom. The van der Waals surface area contributed by atoms with E-state index in [-0.39, 0.29) is 30.2 Å². The highest BCUT2D eigenvalue weighted by Crippen LogP contribution is 2.56. The van der Waals surface area contributed by atoms with E-state index in [0.29, 0.717) is 5.92 Å². The SMILES string of the molecule is C[C@@H]1CC[C@@](C)(C(=O)COC(=O)Cc2ccccc2)C1(C)C. The van der Waals surface area contributed by atoms with Gasteiger partial charge in [-0.2, -0.15) is 0 Å². The zero-order valence-electron chi connectivity index (χ0n) is 14.0. The molecule has 0 amide bonds. The van der Waals surface area contributed by atoms with Gasteiger partial charge in [-0.25, -0.2) is 0 Å². The van der Waals surface area contributed by atoms with Crippen molar-refractivity contribution in [3.8, 4) is 0 Å². The average molecular weight is 302 g/mol. The minimum atomic E-state index is -0.403. The highest BCUT2D eigenvalue weighted by atomic mass is 16.5. The van der Waals surface area contributed by atoms with Crippen LogP contribution in [-0.4, -0.2) is 18.4 Å². The first-order valence-electron chi connectivity index (χ1n) is 8.00. The molecule has 0 unspecified atom stereocenters. The zero-order chi connectivity index (χ0) is 16.4. The molecule has 0 N–H and O–H groups in total. The number of rotatable bonds is 5. The van der Waals surface area contributed by atoms with Gasteiger partial charge in [0.15, 0.2) is 12.4 Å². The predicted octanol–water partition coefficient (Wildman–Crippen LogP) is 3.80. The van der Waals surface area contributed by atoms with E-state index < -0.39 is 5.41 Å². The lowest BCUT2D eigenvalue weighted by Crippen LogP contribution is -2.42. The number of ether oxygens (including phenoxy) is 1. The number of hydrogen-bond donors (Lipinski definition) is 0. The summed E-state index contributed by atoms with van der Waals surface area (Å²) >= 11 is 0. The molecule has 1 aliphatic carbocycles. The van der Waals surface area contributed by atoms with Crippen LogP contribution in [0.15, 0.2) is 30.3 Å². The van der Waals surface area contributed by atoms with Crippen molar-refractivity contribution in [3.05, 3.63) is 35.9 Å². The van der Waals surface area contributed by atoms with Gasteiger partial charge in [-0.15, -0.1) is 0 Å². The molecule has 120 valence electrons. The largest absolute Gasteiger partial charge is 0.457 e. The average Bonchev–Trinajstić information content (AvgIpc) is 2.70. The van der Waals surface area contributed by atoms with Gasteiger partial charge >= 0.3 is 5.97 Å². The molecule has 3 heteroatoms. The van der Waals surface area contributed by atoms with Crippen molar-refractivity contribution < 1.29 is 14.3 Å². The molecule has 1 fully saturated rings. The maximum Gasteiger partial charge on any atom is 0.310 e. The molecular formula is C19H26O3. The van der Waals surface area contributed by atoms with Crippen LogP contribution in [0.1, 0.15) is 46.1 Å². The third kappa shape index (κ3) is 3.08. The smallest absolute Gasteiger partial charge is 0.310 e. The molecule has 1 aromatic rings. The Kier molecular flexibility index (Phi) is 4.74. The number of hydrogen-bond acceptors (Lipinski definition) is 3. The standard InChI is InChI=1S/C19H26O3/c1-14-10-11-19(4,18(14,2)3)16(20)13-22-17(21)12-15-8-6-5-7-9-15/h5-9,14H,10-13H2,1-4H3/t14-,19+/m1/s1. The first-order valence-corrected chi connectivity index (χ1v) is 8.00. The van der Waals surface area contributed by atoms with Crippen molar-refractivity contribution in [1.82, 2.24) is 0 Å². The first kappa shape index (κ1) is 16.7. The van der Waals surface area contributed by atoms with Crippen LogP contribution < -0.4 is 0 Å². The molecule has 0 aliphatic heterocycles. The summed E-state index contributed by atoms with van der Waals surface area (Å²) in [5.74, 6) is 0.205. The molecule has 1 saturated carbocycles. The summed E-state index contributed by atoms with van der Waals surface area (Å²) in [6.07, 6.45) is 2.13. The second kappa shape index (κ2) is 6.23. The van der Waals surface area contributed by atoms with Crippen molar-refractivity contribution in [1.29, 1.82) is 0 Å². The highest BCUT2D eigenvalue weighted by molar-refractivity contribution is 5.88.